The minimum absolute atomic E-state index is 0.0458. The molecule has 0 aliphatic carbocycles. The molecule has 0 radical (unpaired) electrons. The summed E-state index contributed by atoms with van der Waals surface area (Å²) in [6.45, 7) is 2.07. The third kappa shape index (κ3) is 2.66. The Morgan fingerprint density at radius 1 is 1.29 bits per heavy atom. The lowest BCUT2D eigenvalue weighted by Gasteiger charge is -2.17. The van der Waals surface area contributed by atoms with Crippen LogP contribution in [-0.4, -0.2) is 9.55 Å². The molecule has 1 heterocycles. The summed E-state index contributed by atoms with van der Waals surface area (Å²) in [6, 6.07) is 13.4. The van der Waals surface area contributed by atoms with Crippen molar-refractivity contribution in [3.8, 4) is 0 Å². The maximum atomic E-state index is 13.9. The van der Waals surface area contributed by atoms with E-state index in [2.05, 4.69) is 24.0 Å². The van der Waals surface area contributed by atoms with E-state index >= 15 is 0 Å². The van der Waals surface area contributed by atoms with Crippen molar-refractivity contribution in [3.05, 3.63) is 63.2 Å². The molecule has 0 saturated carbocycles. The van der Waals surface area contributed by atoms with Crippen molar-refractivity contribution in [2.24, 2.45) is 0 Å². The van der Waals surface area contributed by atoms with E-state index in [0.29, 0.717) is 9.45 Å². The van der Waals surface area contributed by atoms with Crippen molar-refractivity contribution in [1.82, 2.24) is 9.55 Å². The van der Waals surface area contributed by atoms with Gasteiger partial charge in [0.2, 0.25) is 0 Å². The normalized spacial score (nSPS) is 12.8. The highest BCUT2D eigenvalue weighted by Gasteiger charge is 2.18. The Morgan fingerprint density at radius 3 is 2.67 bits per heavy atom. The van der Waals surface area contributed by atoms with Crippen LogP contribution in [0.25, 0.3) is 11.0 Å². The number of hydrogen-bond acceptors (Lipinski definition) is 1. The Labute approximate surface area is 141 Å². The minimum atomic E-state index is -0.231. The quantitative estimate of drug-likeness (QED) is 0.429. The topological polar surface area (TPSA) is 17.8 Å². The van der Waals surface area contributed by atoms with Crippen molar-refractivity contribution in [1.29, 1.82) is 0 Å². The van der Waals surface area contributed by atoms with Gasteiger partial charge < -0.3 is 4.57 Å². The number of rotatable bonds is 3. The molecule has 5 heteroatoms. The molecule has 0 spiro atoms. The largest absolute Gasteiger partial charge is 0.320 e. The van der Waals surface area contributed by atoms with Gasteiger partial charge in [0.15, 0.2) is 0 Å². The molecule has 21 heavy (non-hydrogen) atoms. The van der Waals surface area contributed by atoms with Gasteiger partial charge in [-0.1, -0.05) is 30.3 Å². The molecule has 108 valence electrons. The highest BCUT2D eigenvalue weighted by atomic mass is 127. The minimum Gasteiger partial charge on any atom is -0.320 e. The second kappa shape index (κ2) is 5.93. The first-order chi connectivity index (χ1) is 10.1. The maximum Gasteiger partial charge on any atom is 0.138 e. The van der Waals surface area contributed by atoms with Crippen LogP contribution in [0.3, 0.4) is 0 Å². The average Bonchev–Trinajstić information content (AvgIpc) is 2.85. The standard InChI is InChI=1S/C16H13ClFIN2/c1-10(11-5-3-2-4-6-11)21-15-7-12(18)13(19)8-14(15)20-16(21)9-17/h2-8,10H,9H2,1H3. The third-order valence-corrected chi connectivity index (χ3v) is 4.66. The van der Waals surface area contributed by atoms with Gasteiger partial charge in [-0.25, -0.2) is 9.37 Å². The molecule has 0 saturated heterocycles. The fourth-order valence-corrected chi connectivity index (χ4v) is 3.19. The summed E-state index contributed by atoms with van der Waals surface area (Å²) in [4.78, 5) is 4.54. The lowest BCUT2D eigenvalue weighted by Crippen LogP contribution is -2.10. The van der Waals surface area contributed by atoms with Gasteiger partial charge in [-0.3, -0.25) is 0 Å². The van der Waals surface area contributed by atoms with E-state index in [9.17, 15) is 4.39 Å². The lowest BCUT2D eigenvalue weighted by molar-refractivity contribution is 0.613. The van der Waals surface area contributed by atoms with E-state index < -0.39 is 0 Å². The molecule has 3 rings (SSSR count). The Hall–Kier alpha value is -1.14. The SMILES string of the molecule is CC(c1ccccc1)n1c(CCl)nc2cc(I)c(F)cc21. The number of alkyl halides is 1. The molecule has 0 aliphatic rings. The predicted octanol–water partition coefficient (Wildman–Crippen LogP) is 5.13. The van der Waals surface area contributed by atoms with Gasteiger partial charge >= 0.3 is 0 Å². The van der Waals surface area contributed by atoms with E-state index in [0.717, 1.165) is 22.4 Å². The number of imidazole rings is 1. The number of fused-ring (bicyclic) bond motifs is 1. The monoisotopic (exact) mass is 414 g/mol. The van der Waals surface area contributed by atoms with Crippen LogP contribution in [-0.2, 0) is 5.88 Å². The molecule has 2 nitrogen and oxygen atoms in total. The van der Waals surface area contributed by atoms with Crippen molar-refractivity contribution in [2.75, 3.05) is 0 Å². The molecule has 1 unspecified atom stereocenters. The van der Waals surface area contributed by atoms with E-state index in [4.69, 9.17) is 11.6 Å². The summed E-state index contributed by atoms with van der Waals surface area (Å²) in [7, 11) is 0. The molecule has 2 aromatic carbocycles. The molecule has 0 amide bonds. The van der Waals surface area contributed by atoms with Crippen LogP contribution < -0.4 is 0 Å². The van der Waals surface area contributed by atoms with Crippen LogP contribution >= 0.6 is 34.2 Å². The zero-order valence-electron chi connectivity index (χ0n) is 11.4. The summed E-state index contributed by atoms with van der Waals surface area (Å²) in [6.07, 6.45) is 0. The van der Waals surface area contributed by atoms with Gasteiger partial charge in [0.05, 0.1) is 26.5 Å². The Morgan fingerprint density at radius 2 is 2.00 bits per heavy atom. The summed E-state index contributed by atoms with van der Waals surface area (Å²) in [5.41, 5.74) is 2.70. The number of hydrogen-bond donors (Lipinski definition) is 0. The molecular formula is C16H13ClFIN2. The Balaban J connectivity index is 2.23. The zero-order chi connectivity index (χ0) is 15.0. The highest BCUT2D eigenvalue weighted by Crippen LogP contribution is 2.28. The number of benzene rings is 2. The van der Waals surface area contributed by atoms with E-state index in [1.165, 1.54) is 0 Å². The number of nitrogens with zero attached hydrogens (tertiary/aromatic N) is 2. The molecule has 0 fully saturated rings. The second-order valence-corrected chi connectivity index (χ2v) is 6.30. The number of halogens is 3. The third-order valence-electron chi connectivity index (χ3n) is 3.59. The van der Waals surface area contributed by atoms with Crippen molar-refractivity contribution < 1.29 is 4.39 Å². The van der Waals surface area contributed by atoms with Crippen LogP contribution in [0.1, 0.15) is 24.4 Å². The van der Waals surface area contributed by atoms with Crippen molar-refractivity contribution in [2.45, 2.75) is 18.8 Å². The van der Waals surface area contributed by atoms with Crippen LogP contribution in [0.2, 0.25) is 0 Å². The first kappa shape index (κ1) is 14.8. The summed E-state index contributed by atoms with van der Waals surface area (Å²) < 4.78 is 16.5. The van der Waals surface area contributed by atoms with Gasteiger partial charge in [-0.2, -0.15) is 0 Å². The maximum absolute atomic E-state index is 13.9. The van der Waals surface area contributed by atoms with Gasteiger partial charge in [0, 0.05) is 6.07 Å². The van der Waals surface area contributed by atoms with E-state index in [1.54, 1.807) is 12.1 Å². The molecule has 0 N–H and O–H groups in total. The van der Waals surface area contributed by atoms with Crippen molar-refractivity contribution >= 4 is 45.2 Å². The molecule has 0 bridgehead atoms. The Bertz CT molecular complexity index is 786. The molecule has 0 aliphatic heterocycles. The molecule has 1 aromatic heterocycles. The van der Waals surface area contributed by atoms with Gasteiger partial charge in [-0.15, -0.1) is 11.6 Å². The molecular weight excluding hydrogens is 402 g/mol. The van der Waals surface area contributed by atoms with Gasteiger partial charge in [0.25, 0.3) is 0 Å². The first-order valence-corrected chi connectivity index (χ1v) is 8.20. The van der Waals surface area contributed by atoms with E-state index in [1.807, 2.05) is 45.4 Å². The van der Waals surface area contributed by atoms with Crippen molar-refractivity contribution in [3.63, 3.8) is 0 Å². The fourth-order valence-electron chi connectivity index (χ4n) is 2.55. The summed E-state index contributed by atoms with van der Waals surface area (Å²) in [5, 5.41) is 0. The zero-order valence-corrected chi connectivity index (χ0v) is 14.3. The summed E-state index contributed by atoms with van der Waals surface area (Å²) >= 11 is 8.01. The smallest absolute Gasteiger partial charge is 0.138 e. The fraction of sp³-hybridized carbons (Fsp3) is 0.188. The molecule has 3 aromatic rings. The van der Waals surface area contributed by atoms with Crippen LogP contribution in [0.4, 0.5) is 4.39 Å². The predicted molar refractivity (Wildman–Crippen MR) is 92.2 cm³/mol. The first-order valence-electron chi connectivity index (χ1n) is 6.58. The van der Waals surface area contributed by atoms with Crippen LogP contribution in [0.5, 0.6) is 0 Å². The van der Waals surface area contributed by atoms with E-state index in [-0.39, 0.29) is 11.9 Å². The Kier molecular flexibility index (Phi) is 4.17. The summed E-state index contributed by atoms with van der Waals surface area (Å²) in [5.74, 6) is 0.819. The van der Waals surface area contributed by atoms with Gasteiger partial charge in [0.1, 0.15) is 11.6 Å². The second-order valence-electron chi connectivity index (χ2n) is 4.87. The van der Waals surface area contributed by atoms with Crippen LogP contribution in [0, 0.1) is 9.39 Å². The van der Waals surface area contributed by atoms with Gasteiger partial charge in [-0.05, 0) is 41.1 Å². The average molecular weight is 415 g/mol. The van der Waals surface area contributed by atoms with Crippen LogP contribution in [0.15, 0.2) is 42.5 Å². The highest BCUT2D eigenvalue weighted by molar-refractivity contribution is 14.1. The molecule has 1 atom stereocenters. The number of aromatic nitrogens is 2. The lowest BCUT2D eigenvalue weighted by atomic mass is 10.1.